The Balaban J connectivity index is 1.64. The molecule has 0 spiro atoms. The number of aryl methyl sites for hydroxylation is 1. The molecule has 1 aliphatic heterocycles. The molecule has 0 radical (unpaired) electrons. The molecule has 0 bridgehead atoms. The second-order valence-corrected chi connectivity index (χ2v) is 7.30. The summed E-state index contributed by atoms with van der Waals surface area (Å²) in [4.78, 5) is 36.9. The fourth-order valence-electron chi connectivity index (χ4n) is 3.73. The number of H-pyrrole nitrogens is 1. The fourth-order valence-corrected chi connectivity index (χ4v) is 3.73. The first kappa shape index (κ1) is 20.0. The maximum atomic E-state index is 12.8. The van der Waals surface area contributed by atoms with Crippen LogP contribution in [0.3, 0.4) is 0 Å². The van der Waals surface area contributed by atoms with Crippen molar-refractivity contribution in [2.45, 2.75) is 58.5 Å². The molecule has 8 heteroatoms. The minimum Gasteiger partial charge on any atom is -0.337 e. The van der Waals surface area contributed by atoms with E-state index in [0.29, 0.717) is 25.3 Å². The van der Waals surface area contributed by atoms with Gasteiger partial charge in [-0.1, -0.05) is 13.3 Å². The third-order valence-corrected chi connectivity index (χ3v) is 5.17. The molecule has 150 valence electrons. The lowest BCUT2D eigenvalue weighted by atomic mass is 10.1. The highest BCUT2D eigenvalue weighted by molar-refractivity contribution is 5.92. The quantitative estimate of drug-likeness (QED) is 0.824. The zero-order valence-corrected chi connectivity index (χ0v) is 16.6. The van der Waals surface area contributed by atoms with Gasteiger partial charge in [0.15, 0.2) is 0 Å². The Labute approximate surface area is 165 Å². The highest BCUT2D eigenvalue weighted by Gasteiger charge is 2.27. The van der Waals surface area contributed by atoms with Crippen molar-refractivity contribution >= 4 is 11.8 Å². The van der Waals surface area contributed by atoms with E-state index in [1.165, 1.54) is 6.33 Å². The molecule has 0 saturated carbocycles. The molecule has 1 saturated heterocycles. The summed E-state index contributed by atoms with van der Waals surface area (Å²) in [5.74, 6) is -0.00442. The number of likely N-dealkylation sites (tertiary alicyclic amines) is 1. The Kier molecular flexibility index (Phi) is 6.73. The number of nitrogens with one attached hydrogen (secondary N) is 1. The molecular formula is C20H28N6O2. The minimum absolute atomic E-state index is 0.0325. The molecule has 0 aliphatic carbocycles. The third-order valence-electron chi connectivity index (χ3n) is 5.17. The summed E-state index contributed by atoms with van der Waals surface area (Å²) in [6.45, 7) is 5.49. The first-order valence-electron chi connectivity index (χ1n) is 9.93. The second-order valence-electron chi connectivity index (χ2n) is 7.30. The summed E-state index contributed by atoms with van der Waals surface area (Å²) in [7, 11) is 0. The lowest BCUT2D eigenvalue weighted by molar-refractivity contribution is -0.132. The molecule has 1 aliphatic rings. The molecule has 1 atom stereocenters. The second kappa shape index (κ2) is 9.43. The molecule has 3 rings (SSSR count). The van der Waals surface area contributed by atoms with E-state index in [4.69, 9.17) is 0 Å². The average molecular weight is 384 g/mol. The van der Waals surface area contributed by atoms with Gasteiger partial charge in [-0.05, 0) is 31.7 Å². The van der Waals surface area contributed by atoms with Crippen LogP contribution in [-0.4, -0.2) is 60.9 Å². The van der Waals surface area contributed by atoms with E-state index in [0.717, 1.165) is 43.4 Å². The number of aromatic amines is 1. The Morgan fingerprint density at radius 2 is 2.04 bits per heavy atom. The number of hydrogen-bond donors (Lipinski definition) is 1. The molecule has 1 fully saturated rings. The predicted octanol–water partition coefficient (Wildman–Crippen LogP) is 2.20. The van der Waals surface area contributed by atoms with Gasteiger partial charge in [-0.25, -0.2) is 9.97 Å². The van der Waals surface area contributed by atoms with Crippen LogP contribution in [0.25, 0.3) is 0 Å². The summed E-state index contributed by atoms with van der Waals surface area (Å²) in [5.41, 5.74) is 2.38. The van der Waals surface area contributed by atoms with Crippen molar-refractivity contribution in [3.8, 4) is 0 Å². The average Bonchev–Trinajstić information content (AvgIpc) is 3.03. The van der Waals surface area contributed by atoms with Crippen LogP contribution in [0.1, 0.15) is 61.3 Å². The SMILES string of the molecule is CCCc1cc(C(=O)N2CCC[C@@H](N(Cc3cncnc3)C(C)=O)CC2)n[nH]1. The summed E-state index contributed by atoms with van der Waals surface area (Å²) in [6, 6.07) is 1.95. The lowest BCUT2D eigenvalue weighted by Gasteiger charge is -2.30. The number of carbonyl (C=O) groups excluding carboxylic acids is 2. The van der Waals surface area contributed by atoms with Gasteiger partial charge in [-0.3, -0.25) is 14.7 Å². The normalized spacial score (nSPS) is 17.2. The van der Waals surface area contributed by atoms with E-state index in [1.807, 2.05) is 15.9 Å². The highest BCUT2D eigenvalue weighted by Crippen LogP contribution is 2.20. The lowest BCUT2D eigenvalue weighted by Crippen LogP contribution is -2.39. The monoisotopic (exact) mass is 384 g/mol. The smallest absolute Gasteiger partial charge is 0.274 e. The van der Waals surface area contributed by atoms with Crippen LogP contribution in [0, 0.1) is 0 Å². The molecule has 2 aromatic rings. The fraction of sp³-hybridized carbons (Fsp3) is 0.550. The zero-order valence-electron chi connectivity index (χ0n) is 16.6. The number of aromatic nitrogens is 4. The van der Waals surface area contributed by atoms with Gasteiger partial charge in [0.1, 0.15) is 12.0 Å². The van der Waals surface area contributed by atoms with E-state index in [1.54, 1.807) is 19.3 Å². The number of rotatable bonds is 6. The van der Waals surface area contributed by atoms with Crippen LogP contribution in [0.4, 0.5) is 0 Å². The zero-order chi connectivity index (χ0) is 19.9. The molecule has 0 unspecified atom stereocenters. The van der Waals surface area contributed by atoms with Crippen LogP contribution in [0.5, 0.6) is 0 Å². The van der Waals surface area contributed by atoms with Gasteiger partial charge < -0.3 is 9.80 Å². The number of hydrogen-bond acceptors (Lipinski definition) is 5. The molecular weight excluding hydrogens is 356 g/mol. The van der Waals surface area contributed by atoms with E-state index in [2.05, 4.69) is 27.1 Å². The van der Waals surface area contributed by atoms with Crippen molar-refractivity contribution in [2.75, 3.05) is 13.1 Å². The maximum absolute atomic E-state index is 12.8. The van der Waals surface area contributed by atoms with Gasteiger partial charge in [0.05, 0.1) is 0 Å². The van der Waals surface area contributed by atoms with Gasteiger partial charge in [0, 0.05) is 56.3 Å². The number of carbonyl (C=O) groups is 2. The van der Waals surface area contributed by atoms with Gasteiger partial charge in [0.2, 0.25) is 5.91 Å². The molecule has 8 nitrogen and oxygen atoms in total. The van der Waals surface area contributed by atoms with Crippen LogP contribution < -0.4 is 0 Å². The molecule has 0 aromatic carbocycles. The van der Waals surface area contributed by atoms with Crippen LogP contribution in [0.2, 0.25) is 0 Å². The summed E-state index contributed by atoms with van der Waals surface area (Å²) in [5, 5.41) is 7.13. The van der Waals surface area contributed by atoms with Crippen molar-refractivity contribution in [3.05, 3.63) is 41.7 Å². The van der Waals surface area contributed by atoms with Crippen molar-refractivity contribution < 1.29 is 9.59 Å². The molecule has 3 heterocycles. The van der Waals surface area contributed by atoms with E-state index >= 15 is 0 Å². The molecule has 1 N–H and O–H groups in total. The van der Waals surface area contributed by atoms with Gasteiger partial charge in [0.25, 0.3) is 5.91 Å². The first-order chi connectivity index (χ1) is 13.6. The molecule has 2 aromatic heterocycles. The van der Waals surface area contributed by atoms with Crippen LogP contribution >= 0.6 is 0 Å². The standard InChI is InChI=1S/C20H28N6O2/c1-3-5-17-10-19(24-23-17)20(28)25-8-4-6-18(7-9-25)26(15(2)27)13-16-11-21-14-22-12-16/h10-12,14,18H,3-9,13H2,1-2H3,(H,23,24)/t18-/m1/s1. The van der Waals surface area contributed by atoms with E-state index < -0.39 is 0 Å². The first-order valence-corrected chi connectivity index (χ1v) is 9.93. The van der Waals surface area contributed by atoms with Gasteiger partial charge in [-0.15, -0.1) is 0 Å². The van der Waals surface area contributed by atoms with Gasteiger partial charge >= 0.3 is 0 Å². The van der Waals surface area contributed by atoms with E-state index in [-0.39, 0.29) is 17.9 Å². The van der Waals surface area contributed by atoms with Gasteiger partial charge in [-0.2, -0.15) is 5.10 Å². The minimum atomic E-state index is -0.0370. The molecule has 2 amide bonds. The predicted molar refractivity (Wildman–Crippen MR) is 104 cm³/mol. The van der Waals surface area contributed by atoms with E-state index in [9.17, 15) is 9.59 Å². The summed E-state index contributed by atoms with van der Waals surface area (Å²) >= 11 is 0. The Morgan fingerprint density at radius 1 is 1.25 bits per heavy atom. The van der Waals surface area contributed by atoms with Crippen molar-refractivity contribution in [2.24, 2.45) is 0 Å². The summed E-state index contributed by atoms with van der Waals surface area (Å²) in [6.07, 6.45) is 9.34. The topological polar surface area (TPSA) is 95.1 Å². The number of nitrogens with zero attached hydrogens (tertiary/aromatic N) is 5. The van der Waals surface area contributed by atoms with Crippen molar-refractivity contribution in [1.29, 1.82) is 0 Å². The van der Waals surface area contributed by atoms with Crippen molar-refractivity contribution in [3.63, 3.8) is 0 Å². The molecule has 28 heavy (non-hydrogen) atoms. The maximum Gasteiger partial charge on any atom is 0.274 e. The largest absolute Gasteiger partial charge is 0.337 e. The number of amides is 2. The summed E-state index contributed by atoms with van der Waals surface area (Å²) < 4.78 is 0. The Bertz CT molecular complexity index is 791. The highest BCUT2D eigenvalue weighted by atomic mass is 16.2. The third kappa shape index (κ3) is 4.94. The Hall–Kier alpha value is -2.77. The van der Waals surface area contributed by atoms with Crippen LogP contribution in [0.15, 0.2) is 24.8 Å². The Morgan fingerprint density at radius 3 is 2.75 bits per heavy atom. The van der Waals surface area contributed by atoms with Crippen molar-refractivity contribution in [1.82, 2.24) is 30.0 Å². The van der Waals surface area contributed by atoms with Crippen LogP contribution in [-0.2, 0) is 17.8 Å².